The highest BCUT2D eigenvalue weighted by Crippen LogP contribution is 2.27. The Morgan fingerprint density at radius 2 is 1.90 bits per heavy atom. The van der Waals surface area contributed by atoms with Gasteiger partial charge in [-0.15, -0.1) is 0 Å². The van der Waals surface area contributed by atoms with E-state index in [2.05, 4.69) is 54.8 Å². The quantitative estimate of drug-likeness (QED) is 0.872. The van der Waals surface area contributed by atoms with Crippen molar-refractivity contribution < 1.29 is 0 Å². The molecule has 1 fully saturated rings. The minimum atomic E-state index is 0.374. The molecule has 2 N–H and O–H groups in total. The molecule has 3 heteroatoms. The minimum Gasteiger partial charge on any atom is -0.372 e. The third-order valence-electron chi connectivity index (χ3n) is 4.76. The van der Waals surface area contributed by atoms with Gasteiger partial charge in [-0.25, -0.2) is 0 Å². The number of rotatable bonds is 6. The number of benzene rings is 1. The van der Waals surface area contributed by atoms with Crippen LogP contribution in [0.3, 0.4) is 0 Å². The van der Waals surface area contributed by atoms with E-state index in [9.17, 15) is 0 Å². The van der Waals surface area contributed by atoms with Crippen LogP contribution in [0.25, 0.3) is 0 Å². The number of nitrogens with zero attached hydrogens (tertiary/aromatic N) is 2. The Hall–Kier alpha value is -1.06. The van der Waals surface area contributed by atoms with Crippen molar-refractivity contribution >= 4 is 5.69 Å². The largest absolute Gasteiger partial charge is 0.372 e. The lowest BCUT2D eigenvalue weighted by molar-refractivity contribution is 0.133. The van der Waals surface area contributed by atoms with Gasteiger partial charge in [0.05, 0.1) is 0 Å². The standard InChI is InChI=1S/C18H31N3/c1-4-20(5-2)17-10-8-16(9-11-17)18(13-19)21-12-6-7-15(3)14-21/h8-11,15,18H,4-7,12-14,19H2,1-3H3. The smallest absolute Gasteiger partial charge is 0.0470 e. The molecule has 0 bridgehead atoms. The second-order valence-electron chi connectivity index (χ2n) is 6.26. The lowest BCUT2D eigenvalue weighted by atomic mass is 9.96. The molecule has 2 rings (SSSR count). The topological polar surface area (TPSA) is 32.5 Å². The van der Waals surface area contributed by atoms with Crippen molar-refractivity contribution in [2.75, 3.05) is 37.6 Å². The molecule has 1 heterocycles. The third-order valence-corrected chi connectivity index (χ3v) is 4.76. The Bertz CT molecular complexity index is 411. The van der Waals surface area contributed by atoms with E-state index < -0.39 is 0 Å². The van der Waals surface area contributed by atoms with Crippen molar-refractivity contribution in [1.29, 1.82) is 0 Å². The maximum Gasteiger partial charge on any atom is 0.0470 e. The monoisotopic (exact) mass is 289 g/mol. The molecular formula is C18H31N3. The summed E-state index contributed by atoms with van der Waals surface area (Å²) in [5.74, 6) is 0.794. The van der Waals surface area contributed by atoms with Crippen LogP contribution in [-0.2, 0) is 0 Å². The van der Waals surface area contributed by atoms with E-state index in [1.54, 1.807) is 0 Å². The first-order valence-corrected chi connectivity index (χ1v) is 8.48. The Balaban J connectivity index is 2.11. The summed E-state index contributed by atoms with van der Waals surface area (Å²) in [6, 6.07) is 9.41. The number of anilines is 1. The molecule has 2 unspecified atom stereocenters. The van der Waals surface area contributed by atoms with Crippen LogP contribution in [0, 0.1) is 5.92 Å². The second-order valence-corrected chi connectivity index (χ2v) is 6.26. The predicted octanol–water partition coefficient (Wildman–Crippen LogP) is 3.26. The van der Waals surface area contributed by atoms with Crippen LogP contribution in [-0.4, -0.2) is 37.6 Å². The van der Waals surface area contributed by atoms with Crippen molar-refractivity contribution in [1.82, 2.24) is 4.90 Å². The highest BCUT2D eigenvalue weighted by atomic mass is 15.2. The number of nitrogens with two attached hydrogens (primary N) is 1. The van der Waals surface area contributed by atoms with Gasteiger partial charge in [0.15, 0.2) is 0 Å². The van der Waals surface area contributed by atoms with Gasteiger partial charge in [0.25, 0.3) is 0 Å². The zero-order chi connectivity index (χ0) is 15.2. The summed E-state index contributed by atoms with van der Waals surface area (Å²) in [4.78, 5) is 4.95. The molecule has 0 saturated carbocycles. The lowest BCUT2D eigenvalue weighted by Gasteiger charge is -2.37. The van der Waals surface area contributed by atoms with Gasteiger partial charge in [-0.3, -0.25) is 4.90 Å². The van der Waals surface area contributed by atoms with Gasteiger partial charge in [0, 0.05) is 37.9 Å². The highest BCUT2D eigenvalue weighted by Gasteiger charge is 2.24. The van der Waals surface area contributed by atoms with Crippen LogP contribution in [0.4, 0.5) is 5.69 Å². The maximum absolute atomic E-state index is 6.08. The number of likely N-dealkylation sites (tertiary alicyclic amines) is 1. The average Bonchev–Trinajstić information content (AvgIpc) is 2.51. The van der Waals surface area contributed by atoms with E-state index in [-0.39, 0.29) is 0 Å². The first kappa shape index (κ1) is 16.3. The molecule has 0 amide bonds. The molecule has 1 aromatic rings. The van der Waals surface area contributed by atoms with Crippen molar-refractivity contribution in [3.63, 3.8) is 0 Å². The van der Waals surface area contributed by atoms with E-state index in [4.69, 9.17) is 5.73 Å². The molecule has 0 radical (unpaired) electrons. The summed E-state index contributed by atoms with van der Waals surface area (Å²) in [6.07, 6.45) is 2.66. The molecule has 0 spiro atoms. The SMILES string of the molecule is CCN(CC)c1ccc(C(CN)N2CCCC(C)C2)cc1. The van der Waals surface area contributed by atoms with Gasteiger partial charge >= 0.3 is 0 Å². The third kappa shape index (κ3) is 3.98. The highest BCUT2D eigenvalue weighted by molar-refractivity contribution is 5.47. The fourth-order valence-corrected chi connectivity index (χ4v) is 3.50. The Kier molecular flexibility index (Phi) is 6.07. The van der Waals surface area contributed by atoms with Crippen LogP contribution in [0.5, 0.6) is 0 Å². The van der Waals surface area contributed by atoms with Crippen molar-refractivity contribution in [3.05, 3.63) is 29.8 Å². The van der Waals surface area contributed by atoms with Crippen molar-refractivity contribution in [2.45, 2.75) is 39.7 Å². The molecular weight excluding hydrogens is 258 g/mol. The van der Waals surface area contributed by atoms with Gasteiger partial charge < -0.3 is 10.6 Å². The molecule has 21 heavy (non-hydrogen) atoms. The molecule has 1 aromatic carbocycles. The van der Waals surface area contributed by atoms with Crippen LogP contribution >= 0.6 is 0 Å². The summed E-state index contributed by atoms with van der Waals surface area (Å²) < 4.78 is 0. The predicted molar refractivity (Wildman–Crippen MR) is 91.8 cm³/mol. The number of piperidine rings is 1. The molecule has 1 aliphatic heterocycles. The molecule has 0 aliphatic carbocycles. The number of hydrogen-bond acceptors (Lipinski definition) is 3. The summed E-state index contributed by atoms with van der Waals surface area (Å²) in [5, 5.41) is 0. The summed E-state index contributed by atoms with van der Waals surface area (Å²) in [5.41, 5.74) is 8.75. The van der Waals surface area contributed by atoms with Crippen molar-refractivity contribution in [3.8, 4) is 0 Å². The van der Waals surface area contributed by atoms with E-state index in [0.717, 1.165) is 19.0 Å². The fourth-order valence-electron chi connectivity index (χ4n) is 3.50. The Morgan fingerprint density at radius 3 is 2.43 bits per heavy atom. The van der Waals surface area contributed by atoms with Crippen LogP contribution in [0.15, 0.2) is 24.3 Å². The first-order valence-electron chi connectivity index (χ1n) is 8.48. The van der Waals surface area contributed by atoms with Gasteiger partial charge in [-0.05, 0) is 56.8 Å². The van der Waals surface area contributed by atoms with Gasteiger partial charge in [-0.1, -0.05) is 19.1 Å². The molecule has 3 nitrogen and oxygen atoms in total. The van der Waals surface area contributed by atoms with Crippen LogP contribution in [0.1, 0.15) is 45.2 Å². The zero-order valence-electron chi connectivity index (χ0n) is 13.9. The molecule has 118 valence electrons. The first-order chi connectivity index (χ1) is 10.2. The Morgan fingerprint density at radius 1 is 1.24 bits per heavy atom. The van der Waals surface area contributed by atoms with Crippen LogP contribution in [0.2, 0.25) is 0 Å². The van der Waals surface area contributed by atoms with E-state index in [1.165, 1.54) is 37.2 Å². The molecule has 1 aliphatic rings. The second kappa shape index (κ2) is 7.81. The average molecular weight is 289 g/mol. The number of hydrogen-bond donors (Lipinski definition) is 1. The summed E-state index contributed by atoms with van der Waals surface area (Å²) >= 11 is 0. The minimum absolute atomic E-state index is 0.374. The maximum atomic E-state index is 6.08. The zero-order valence-corrected chi connectivity index (χ0v) is 13.9. The normalized spacial score (nSPS) is 21.2. The molecule has 0 aromatic heterocycles. The molecule has 1 saturated heterocycles. The molecule has 2 atom stereocenters. The van der Waals surface area contributed by atoms with E-state index in [0.29, 0.717) is 12.6 Å². The van der Waals surface area contributed by atoms with E-state index in [1.807, 2.05) is 0 Å². The Labute approximate surface area is 130 Å². The van der Waals surface area contributed by atoms with Gasteiger partial charge in [0.1, 0.15) is 0 Å². The summed E-state index contributed by atoms with van der Waals surface area (Å²) in [6.45, 7) is 11.9. The summed E-state index contributed by atoms with van der Waals surface area (Å²) in [7, 11) is 0. The van der Waals surface area contributed by atoms with Crippen LogP contribution < -0.4 is 10.6 Å². The lowest BCUT2D eigenvalue weighted by Crippen LogP contribution is -2.40. The van der Waals surface area contributed by atoms with Gasteiger partial charge in [-0.2, -0.15) is 0 Å². The van der Waals surface area contributed by atoms with Gasteiger partial charge in [0.2, 0.25) is 0 Å². The fraction of sp³-hybridized carbons (Fsp3) is 0.667. The van der Waals surface area contributed by atoms with Crippen molar-refractivity contribution in [2.24, 2.45) is 11.7 Å². The van der Waals surface area contributed by atoms with E-state index >= 15 is 0 Å².